The average molecular weight is 368 g/mol. The van der Waals surface area contributed by atoms with E-state index in [1.807, 2.05) is 0 Å². The van der Waals surface area contributed by atoms with E-state index in [0.29, 0.717) is 25.9 Å². The molecule has 1 aromatic carbocycles. The number of hydrogen-bond donors (Lipinski definition) is 1. The normalized spacial score (nSPS) is 20.3. The highest BCUT2D eigenvalue weighted by molar-refractivity contribution is 5.81. The zero-order chi connectivity index (χ0) is 18.7. The quantitative estimate of drug-likeness (QED) is 0.885. The Morgan fingerprint density at radius 1 is 1.00 bits per heavy atom. The monoisotopic (exact) mass is 368 g/mol. The van der Waals surface area contributed by atoms with Crippen LogP contribution in [0.5, 0.6) is 0 Å². The highest BCUT2D eigenvalue weighted by Gasteiger charge is 2.43. The third-order valence-corrected chi connectivity index (χ3v) is 5.38. The third-order valence-electron chi connectivity index (χ3n) is 5.38. The molecule has 1 aliphatic carbocycles. The largest absolute Gasteiger partial charge is 0.412 e. The van der Waals surface area contributed by atoms with Crippen LogP contribution in [0.2, 0.25) is 0 Å². The SMILES string of the molecule is O=C(NC(c1ccccc1)C(F)(F)F)C1CCN(C(=O)C2CCC2)CC1. The van der Waals surface area contributed by atoms with Gasteiger partial charge in [0.2, 0.25) is 11.8 Å². The van der Waals surface area contributed by atoms with Crippen molar-refractivity contribution in [2.24, 2.45) is 11.8 Å². The maximum Gasteiger partial charge on any atom is 0.412 e. The Kier molecular flexibility index (Phi) is 5.53. The van der Waals surface area contributed by atoms with Crippen molar-refractivity contribution in [3.63, 3.8) is 0 Å². The van der Waals surface area contributed by atoms with Gasteiger partial charge in [0.1, 0.15) is 0 Å². The number of benzene rings is 1. The number of carbonyl (C=O) groups excluding carboxylic acids is 2. The minimum Gasteiger partial charge on any atom is -0.342 e. The van der Waals surface area contributed by atoms with E-state index in [-0.39, 0.29) is 17.4 Å². The van der Waals surface area contributed by atoms with Crippen LogP contribution in [0.1, 0.15) is 43.7 Å². The Labute approximate surface area is 150 Å². The maximum absolute atomic E-state index is 13.4. The van der Waals surface area contributed by atoms with Gasteiger partial charge in [-0.25, -0.2) is 0 Å². The van der Waals surface area contributed by atoms with Crippen molar-refractivity contribution in [3.05, 3.63) is 35.9 Å². The van der Waals surface area contributed by atoms with Crippen molar-refractivity contribution in [1.29, 1.82) is 0 Å². The molecule has 1 aromatic rings. The summed E-state index contributed by atoms with van der Waals surface area (Å²) in [7, 11) is 0. The molecule has 142 valence electrons. The van der Waals surface area contributed by atoms with Crippen LogP contribution < -0.4 is 5.32 Å². The number of amides is 2. The fourth-order valence-electron chi connectivity index (χ4n) is 3.54. The van der Waals surface area contributed by atoms with Crippen molar-refractivity contribution >= 4 is 11.8 Å². The first-order valence-corrected chi connectivity index (χ1v) is 9.07. The highest BCUT2D eigenvalue weighted by atomic mass is 19.4. The minimum atomic E-state index is -4.56. The molecule has 1 heterocycles. The lowest BCUT2D eigenvalue weighted by molar-refractivity contribution is -0.165. The number of nitrogens with one attached hydrogen (secondary N) is 1. The minimum absolute atomic E-state index is 0.0194. The smallest absolute Gasteiger partial charge is 0.342 e. The van der Waals surface area contributed by atoms with Gasteiger partial charge in [-0.05, 0) is 31.2 Å². The summed E-state index contributed by atoms with van der Waals surface area (Å²) in [5.74, 6) is -0.846. The van der Waals surface area contributed by atoms with E-state index in [9.17, 15) is 22.8 Å². The Bertz CT molecular complexity index is 636. The molecule has 0 bridgehead atoms. The Hall–Kier alpha value is -2.05. The molecular weight excluding hydrogens is 345 g/mol. The molecule has 2 aliphatic rings. The highest BCUT2D eigenvalue weighted by Crippen LogP contribution is 2.34. The molecule has 2 fully saturated rings. The van der Waals surface area contributed by atoms with Crippen LogP contribution in [-0.2, 0) is 9.59 Å². The van der Waals surface area contributed by atoms with Crippen LogP contribution in [-0.4, -0.2) is 36.0 Å². The molecule has 1 atom stereocenters. The lowest BCUT2D eigenvalue weighted by Crippen LogP contribution is -2.47. The van der Waals surface area contributed by atoms with Crippen molar-refractivity contribution in [1.82, 2.24) is 10.2 Å². The third kappa shape index (κ3) is 4.19. The Morgan fingerprint density at radius 2 is 1.62 bits per heavy atom. The first-order chi connectivity index (χ1) is 12.4. The lowest BCUT2D eigenvalue weighted by Gasteiger charge is -2.36. The van der Waals surface area contributed by atoms with E-state index in [0.717, 1.165) is 19.3 Å². The molecule has 1 saturated heterocycles. The molecule has 1 N–H and O–H groups in total. The molecular formula is C19H23F3N2O2. The Balaban J connectivity index is 1.58. The van der Waals surface area contributed by atoms with E-state index in [1.54, 1.807) is 11.0 Å². The number of nitrogens with zero attached hydrogens (tertiary/aromatic N) is 1. The molecule has 2 amide bonds. The number of hydrogen-bond acceptors (Lipinski definition) is 2. The molecule has 1 unspecified atom stereocenters. The van der Waals surface area contributed by atoms with Crippen LogP contribution in [0.4, 0.5) is 13.2 Å². The summed E-state index contributed by atoms with van der Waals surface area (Å²) in [6.07, 6.45) is -0.827. The molecule has 0 aromatic heterocycles. The van der Waals surface area contributed by atoms with Gasteiger partial charge in [-0.15, -0.1) is 0 Å². The fraction of sp³-hybridized carbons (Fsp3) is 0.579. The molecule has 3 rings (SSSR count). The van der Waals surface area contributed by atoms with E-state index in [4.69, 9.17) is 0 Å². The van der Waals surface area contributed by atoms with Gasteiger partial charge in [0.15, 0.2) is 6.04 Å². The van der Waals surface area contributed by atoms with Crippen LogP contribution in [0.15, 0.2) is 30.3 Å². The van der Waals surface area contributed by atoms with Crippen LogP contribution >= 0.6 is 0 Å². The molecule has 7 heteroatoms. The average Bonchev–Trinajstić information content (AvgIpc) is 2.58. The predicted octanol–water partition coefficient (Wildman–Crippen LogP) is 3.44. The summed E-state index contributed by atoms with van der Waals surface area (Å²) in [4.78, 5) is 26.4. The van der Waals surface area contributed by atoms with Gasteiger partial charge < -0.3 is 10.2 Å². The lowest BCUT2D eigenvalue weighted by atomic mass is 9.83. The van der Waals surface area contributed by atoms with Crippen molar-refractivity contribution in [2.75, 3.05) is 13.1 Å². The van der Waals surface area contributed by atoms with Gasteiger partial charge in [0.05, 0.1) is 0 Å². The van der Waals surface area contributed by atoms with E-state index in [1.165, 1.54) is 24.3 Å². The number of rotatable bonds is 4. The Morgan fingerprint density at radius 3 is 2.12 bits per heavy atom. The number of halogens is 3. The molecule has 1 aliphatic heterocycles. The van der Waals surface area contributed by atoms with Gasteiger partial charge in [-0.3, -0.25) is 9.59 Å². The van der Waals surface area contributed by atoms with Crippen LogP contribution in [0.25, 0.3) is 0 Å². The number of carbonyl (C=O) groups is 2. The number of likely N-dealkylation sites (tertiary alicyclic amines) is 1. The summed E-state index contributed by atoms with van der Waals surface area (Å²) < 4.78 is 40.1. The topological polar surface area (TPSA) is 49.4 Å². The van der Waals surface area contributed by atoms with E-state index in [2.05, 4.69) is 5.32 Å². The fourth-order valence-corrected chi connectivity index (χ4v) is 3.54. The zero-order valence-electron chi connectivity index (χ0n) is 14.5. The molecule has 0 radical (unpaired) electrons. The van der Waals surface area contributed by atoms with Crippen LogP contribution in [0.3, 0.4) is 0 Å². The summed E-state index contributed by atoms with van der Waals surface area (Å²) >= 11 is 0. The first kappa shape index (κ1) is 18.7. The second-order valence-corrected chi connectivity index (χ2v) is 7.12. The van der Waals surface area contributed by atoms with Gasteiger partial charge >= 0.3 is 6.18 Å². The van der Waals surface area contributed by atoms with Gasteiger partial charge in [0.25, 0.3) is 0 Å². The van der Waals surface area contributed by atoms with Crippen LogP contribution in [0, 0.1) is 11.8 Å². The molecule has 26 heavy (non-hydrogen) atoms. The van der Waals surface area contributed by atoms with Crippen molar-refractivity contribution in [2.45, 2.75) is 44.3 Å². The molecule has 1 saturated carbocycles. The summed E-state index contributed by atoms with van der Waals surface area (Å²) in [5, 5.41) is 2.16. The maximum atomic E-state index is 13.4. The van der Waals surface area contributed by atoms with Gasteiger partial charge in [-0.2, -0.15) is 13.2 Å². The van der Waals surface area contributed by atoms with E-state index < -0.39 is 24.0 Å². The predicted molar refractivity (Wildman–Crippen MR) is 90.0 cm³/mol. The first-order valence-electron chi connectivity index (χ1n) is 9.07. The zero-order valence-corrected chi connectivity index (χ0v) is 14.5. The van der Waals surface area contributed by atoms with E-state index >= 15 is 0 Å². The van der Waals surface area contributed by atoms with Crippen molar-refractivity contribution in [3.8, 4) is 0 Å². The summed E-state index contributed by atoms with van der Waals surface area (Å²) in [6, 6.07) is 5.38. The second-order valence-electron chi connectivity index (χ2n) is 7.12. The number of alkyl halides is 3. The standard InChI is InChI=1S/C19H23F3N2O2/c20-19(21,22)16(13-5-2-1-3-6-13)23-17(25)14-9-11-24(12-10-14)18(26)15-7-4-8-15/h1-3,5-6,14-16H,4,7-12H2,(H,23,25). The molecule has 4 nitrogen and oxygen atoms in total. The van der Waals surface area contributed by atoms with Crippen molar-refractivity contribution < 1.29 is 22.8 Å². The summed E-state index contributed by atoms with van der Waals surface area (Å²) in [6.45, 7) is 0.880. The summed E-state index contributed by atoms with van der Waals surface area (Å²) in [5.41, 5.74) is 0.0194. The second kappa shape index (κ2) is 7.68. The van der Waals surface area contributed by atoms with Gasteiger partial charge in [0, 0.05) is 24.9 Å². The molecule has 0 spiro atoms. The number of piperidine rings is 1. The van der Waals surface area contributed by atoms with Gasteiger partial charge in [-0.1, -0.05) is 36.8 Å².